The summed E-state index contributed by atoms with van der Waals surface area (Å²) < 4.78 is 12.4. The van der Waals surface area contributed by atoms with Crippen LogP contribution in [0.1, 0.15) is 52.0 Å². The van der Waals surface area contributed by atoms with E-state index >= 15 is 0 Å². The average molecular weight is 492 g/mol. The van der Waals surface area contributed by atoms with Crippen LogP contribution in [0.3, 0.4) is 0 Å². The minimum Gasteiger partial charge on any atom is -0.393 e. The molecule has 6 heteroatoms. The van der Waals surface area contributed by atoms with Crippen LogP contribution in [0.4, 0.5) is 5.69 Å². The normalized spacial score (nSPS) is 46.1. The number of nitrogens with zero attached hydrogens (tertiary/aromatic N) is 1. The minimum atomic E-state index is -1.19. The second kappa shape index (κ2) is 8.19. The molecular formula is C30H37NO5. The van der Waals surface area contributed by atoms with Crippen molar-refractivity contribution >= 4 is 17.2 Å². The van der Waals surface area contributed by atoms with Crippen LogP contribution in [0.15, 0.2) is 53.1 Å². The molecule has 0 spiro atoms. The summed E-state index contributed by atoms with van der Waals surface area (Å²) in [4.78, 5) is 18.1. The minimum absolute atomic E-state index is 0.0466. The molecule has 192 valence electrons. The Labute approximate surface area is 213 Å². The molecule has 36 heavy (non-hydrogen) atoms. The van der Waals surface area contributed by atoms with Crippen molar-refractivity contribution in [2.75, 3.05) is 6.61 Å². The van der Waals surface area contributed by atoms with Gasteiger partial charge in [0, 0.05) is 16.7 Å². The molecule has 4 aliphatic carbocycles. The third-order valence-electron chi connectivity index (χ3n) is 10.2. The molecule has 1 aliphatic heterocycles. The number of allylic oxidation sites excluding steroid dienone is 4. The van der Waals surface area contributed by atoms with Gasteiger partial charge in [0.15, 0.2) is 17.7 Å². The summed E-state index contributed by atoms with van der Waals surface area (Å²) >= 11 is 0. The number of rotatable bonds is 3. The summed E-state index contributed by atoms with van der Waals surface area (Å²) in [5.74, 6) is 0.140. The highest BCUT2D eigenvalue weighted by atomic mass is 16.7. The third-order valence-corrected chi connectivity index (χ3v) is 10.2. The van der Waals surface area contributed by atoms with Crippen molar-refractivity contribution in [1.29, 1.82) is 0 Å². The summed E-state index contributed by atoms with van der Waals surface area (Å²) in [6, 6.07) is 8.22. The van der Waals surface area contributed by atoms with E-state index in [0.717, 1.165) is 30.7 Å². The van der Waals surface area contributed by atoms with E-state index in [-0.39, 0.29) is 35.1 Å². The van der Waals surface area contributed by atoms with Crippen molar-refractivity contribution < 1.29 is 24.5 Å². The second-order valence-corrected chi connectivity index (χ2v) is 12.0. The second-order valence-electron chi connectivity index (χ2n) is 12.0. The molecule has 1 aromatic carbocycles. The zero-order valence-electron chi connectivity index (χ0n) is 21.6. The zero-order chi connectivity index (χ0) is 25.5. The topological polar surface area (TPSA) is 88.4 Å². The highest BCUT2D eigenvalue weighted by Crippen LogP contribution is 2.69. The van der Waals surface area contributed by atoms with Gasteiger partial charge in [0.25, 0.3) is 0 Å². The molecule has 6 rings (SSSR count). The van der Waals surface area contributed by atoms with Crippen molar-refractivity contribution in [3.05, 3.63) is 53.6 Å². The summed E-state index contributed by atoms with van der Waals surface area (Å²) in [5.41, 5.74) is 2.37. The molecule has 4 fully saturated rings. The van der Waals surface area contributed by atoms with Gasteiger partial charge in [-0.3, -0.25) is 4.79 Å². The van der Waals surface area contributed by atoms with Crippen LogP contribution < -0.4 is 0 Å². The van der Waals surface area contributed by atoms with Crippen LogP contribution in [-0.4, -0.2) is 52.4 Å². The predicted octanol–water partition coefficient (Wildman–Crippen LogP) is 4.45. The highest BCUT2D eigenvalue weighted by Gasteiger charge is 2.75. The lowest BCUT2D eigenvalue weighted by Gasteiger charge is -2.59. The maximum atomic E-state index is 13.2. The first-order chi connectivity index (χ1) is 17.1. The first-order valence-corrected chi connectivity index (χ1v) is 13.3. The molecule has 2 N–H and O–H groups in total. The number of aliphatic hydroxyl groups excluding tert-OH is 2. The van der Waals surface area contributed by atoms with Gasteiger partial charge in [-0.05, 0) is 75.7 Å². The molecule has 0 bridgehead atoms. The van der Waals surface area contributed by atoms with E-state index in [2.05, 4.69) is 51.1 Å². The van der Waals surface area contributed by atoms with Crippen LogP contribution in [0.2, 0.25) is 0 Å². The molecular weight excluding hydrogens is 454 g/mol. The Hall–Kier alpha value is -2.12. The van der Waals surface area contributed by atoms with Crippen LogP contribution in [0, 0.1) is 35.5 Å². The van der Waals surface area contributed by atoms with Gasteiger partial charge >= 0.3 is 0 Å². The summed E-state index contributed by atoms with van der Waals surface area (Å²) in [6.45, 7) is 7.65. The van der Waals surface area contributed by atoms with E-state index in [9.17, 15) is 15.0 Å². The fourth-order valence-corrected chi connectivity index (χ4v) is 8.71. The van der Waals surface area contributed by atoms with Gasteiger partial charge in [0.1, 0.15) is 6.61 Å². The summed E-state index contributed by atoms with van der Waals surface area (Å²) in [7, 11) is 0. The quantitative estimate of drug-likeness (QED) is 0.652. The Morgan fingerprint density at radius 3 is 2.69 bits per heavy atom. The number of fused-ring (bicyclic) bond motifs is 7. The number of ketones is 1. The molecule has 1 unspecified atom stereocenters. The van der Waals surface area contributed by atoms with E-state index in [4.69, 9.17) is 14.5 Å². The molecule has 0 radical (unpaired) electrons. The highest BCUT2D eigenvalue weighted by molar-refractivity contribution is 6.07. The molecule has 1 heterocycles. The van der Waals surface area contributed by atoms with E-state index < -0.39 is 30.0 Å². The number of aryl methyl sites for hydroxylation is 1. The average Bonchev–Trinajstić information content (AvgIpc) is 3.30. The van der Waals surface area contributed by atoms with Crippen LogP contribution in [-0.2, 0) is 14.3 Å². The maximum Gasteiger partial charge on any atom is 0.193 e. The standard InChI is InChI=1S/C30H37NO5/c1-17-5-8-20(9-6-17)31-21-11-12-28(3)19(13-21)7-10-22-23-14-26-30(25(34)16-32,36-18(2)35-26)29(23,4)15-24(33)27(22)28/h5-6,8-9,11-13,18,22-24,26-27,32-33H,7,10,14-16H2,1-4H3/t18?,22-,23-,24-,26+,27+,28-,29-,30+/m0/s1. The van der Waals surface area contributed by atoms with Crippen LogP contribution in [0.5, 0.6) is 0 Å². The molecule has 1 aromatic rings. The molecule has 5 aliphatic rings. The van der Waals surface area contributed by atoms with Gasteiger partial charge in [-0.2, -0.15) is 0 Å². The molecule has 9 atom stereocenters. The van der Waals surface area contributed by atoms with Gasteiger partial charge in [0.2, 0.25) is 0 Å². The smallest absolute Gasteiger partial charge is 0.193 e. The van der Waals surface area contributed by atoms with Crippen LogP contribution >= 0.6 is 0 Å². The lowest BCUT2D eigenvalue weighted by molar-refractivity contribution is -0.196. The number of hydrogen-bond donors (Lipinski definition) is 2. The number of Topliss-reactive ketones (excluding diaryl/α,β-unsaturated/α-hetero) is 1. The number of carbonyl (C=O) groups is 1. The number of benzene rings is 1. The Morgan fingerprint density at radius 1 is 1.22 bits per heavy atom. The number of aliphatic imine (C=N–C) groups is 1. The predicted molar refractivity (Wildman–Crippen MR) is 137 cm³/mol. The van der Waals surface area contributed by atoms with E-state index in [0.29, 0.717) is 6.42 Å². The monoisotopic (exact) mass is 491 g/mol. The van der Waals surface area contributed by atoms with E-state index in [1.807, 2.05) is 19.1 Å². The van der Waals surface area contributed by atoms with Crippen molar-refractivity contribution in [2.24, 2.45) is 33.6 Å². The van der Waals surface area contributed by atoms with Crippen molar-refractivity contribution in [2.45, 2.75) is 77.5 Å². The molecule has 1 saturated heterocycles. The molecule has 0 amide bonds. The fourth-order valence-electron chi connectivity index (χ4n) is 8.71. The first kappa shape index (κ1) is 24.2. The molecule has 0 aromatic heterocycles. The first-order valence-electron chi connectivity index (χ1n) is 13.3. The van der Waals surface area contributed by atoms with Crippen molar-refractivity contribution in [1.82, 2.24) is 0 Å². The van der Waals surface area contributed by atoms with Crippen LogP contribution in [0.25, 0.3) is 0 Å². The van der Waals surface area contributed by atoms with Gasteiger partial charge in [-0.1, -0.05) is 43.2 Å². The van der Waals surface area contributed by atoms with Gasteiger partial charge in [-0.15, -0.1) is 0 Å². The number of ether oxygens (including phenoxy) is 2. The van der Waals surface area contributed by atoms with Gasteiger partial charge in [-0.25, -0.2) is 4.99 Å². The number of carbonyl (C=O) groups excluding carboxylic acids is 1. The molecule has 6 nitrogen and oxygen atoms in total. The number of aliphatic hydroxyl groups is 2. The summed E-state index contributed by atoms with van der Waals surface area (Å²) in [6.07, 6.45) is 8.14. The molecule has 3 saturated carbocycles. The lowest BCUT2D eigenvalue weighted by Crippen LogP contribution is -2.63. The fraction of sp³-hybridized carbons (Fsp3) is 0.600. The maximum absolute atomic E-state index is 13.2. The number of hydrogen-bond acceptors (Lipinski definition) is 6. The van der Waals surface area contributed by atoms with E-state index in [1.165, 1.54) is 11.1 Å². The Balaban J connectivity index is 1.34. The Kier molecular flexibility index (Phi) is 5.51. The lowest BCUT2D eigenvalue weighted by atomic mass is 9.46. The van der Waals surface area contributed by atoms with Gasteiger partial charge < -0.3 is 19.7 Å². The van der Waals surface area contributed by atoms with Crippen molar-refractivity contribution in [3.63, 3.8) is 0 Å². The zero-order valence-corrected chi connectivity index (χ0v) is 21.6. The van der Waals surface area contributed by atoms with Crippen molar-refractivity contribution in [3.8, 4) is 0 Å². The SMILES string of the molecule is Cc1ccc(N=C2C=C[C@@]3(C)C(=C2)CC[C@@H]2[C@@H]3[C@@H](O)C[C@@]3(C)[C@H]2C[C@H]2OC(C)O[C@]23C(=O)CO)cc1. The Bertz CT molecular complexity index is 1170. The third kappa shape index (κ3) is 3.17. The van der Waals surface area contributed by atoms with Gasteiger partial charge in [0.05, 0.1) is 23.6 Å². The summed E-state index contributed by atoms with van der Waals surface area (Å²) in [5, 5.41) is 21.6. The Morgan fingerprint density at radius 2 is 1.97 bits per heavy atom. The largest absolute Gasteiger partial charge is 0.393 e. The van der Waals surface area contributed by atoms with E-state index in [1.54, 1.807) is 0 Å².